The summed E-state index contributed by atoms with van der Waals surface area (Å²) in [4.78, 5) is 0. The molecule has 1 heterocycles. The summed E-state index contributed by atoms with van der Waals surface area (Å²) in [5.74, 6) is 0.652. The van der Waals surface area contributed by atoms with Crippen molar-refractivity contribution in [2.45, 2.75) is 51.5 Å². The van der Waals surface area contributed by atoms with Crippen molar-refractivity contribution in [3.63, 3.8) is 0 Å². The summed E-state index contributed by atoms with van der Waals surface area (Å²) in [6.45, 7) is 9.18. The second kappa shape index (κ2) is 7.03. The molecule has 4 heteroatoms. The third kappa shape index (κ3) is 3.74. The van der Waals surface area contributed by atoms with Crippen LogP contribution < -0.4 is 5.32 Å². The zero-order chi connectivity index (χ0) is 15.6. The maximum absolute atomic E-state index is 12.7. The molecule has 1 aromatic carbocycles. The van der Waals surface area contributed by atoms with E-state index >= 15 is 0 Å². The minimum absolute atomic E-state index is 0.114. The summed E-state index contributed by atoms with van der Waals surface area (Å²) in [7, 11) is 1.09. The molecule has 21 heavy (non-hydrogen) atoms. The third-order valence-corrected chi connectivity index (χ3v) is 6.37. The van der Waals surface area contributed by atoms with E-state index in [0.717, 1.165) is 13.0 Å². The van der Waals surface area contributed by atoms with Crippen LogP contribution in [0.2, 0.25) is 0 Å². The van der Waals surface area contributed by atoms with Crippen molar-refractivity contribution in [1.82, 2.24) is 5.32 Å². The quantitative estimate of drug-likeness (QED) is 0.909. The van der Waals surface area contributed by atoms with E-state index in [0.29, 0.717) is 5.75 Å². The fourth-order valence-corrected chi connectivity index (χ4v) is 5.17. The van der Waals surface area contributed by atoms with Crippen LogP contribution in [0.1, 0.15) is 41.6 Å². The van der Waals surface area contributed by atoms with Crippen molar-refractivity contribution >= 4 is 10.8 Å². The predicted octanol–water partition coefficient (Wildman–Crippen LogP) is 2.80. The van der Waals surface area contributed by atoms with Crippen LogP contribution in [-0.2, 0) is 15.5 Å². The number of rotatable bonds is 5. The van der Waals surface area contributed by atoms with Crippen molar-refractivity contribution in [3.8, 4) is 0 Å². The molecule has 1 fully saturated rings. The Morgan fingerprint density at radius 1 is 1.33 bits per heavy atom. The van der Waals surface area contributed by atoms with Crippen LogP contribution in [0.4, 0.5) is 0 Å². The van der Waals surface area contributed by atoms with E-state index < -0.39 is 10.8 Å². The molecule has 4 unspecified atom stereocenters. The predicted molar refractivity (Wildman–Crippen MR) is 89.3 cm³/mol. The Balaban J connectivity index is 2.19. The van der Waals surface area contributed by atoms with Gasteiger partial charge in [0.2, 0.25) is 0 Å². The topological polar surface area (TPSA) is 38.3 Å². The summed E-state index contributed by atoms with van der Waals surface area (Å²) in [5, 5.41) is 3.53. The average molecular weight is 309 g/mol. The molecule has 3 nitrogen and oxygen atoms in total. The second-order valence-electron chi connectivity index (χ2n) is 6.10. The van der Waals surface area contributed by atoms with Gasteiger partial charge in [0.1, 0.15) is 0 Å². The molecule has 0 spiro atoms. The summed E-state index contributed by atoms with van der Waals surface area (Å²) < 4.78 is 18.2. The van der Waals surface area contributed by atoms with E-state index in [1.54, 1.807) is 0 Å². The number of aryl methyl sites for hydroxylation is 3. The van der Waals surface area contributed by atoms with Crippen LogP contribution in [0, 0.1) is 20.8 Å². The van der Waals surface area contributed by atoms with Crippen LogP contribution >= 0.6 is 0 Å². The number of hydrogen-bond donors (Lipinski definition) is 1. The van der Waals surface area contributed by atoms with E-state index in [1.165, 1.54) is 22.3 Å². The first-order chi connectivity index (χ1) is 9.93. The molecule has 0 aromatic heterocycles. The Morgan fingerprint density at radius 2 is 1.95 bits per heavy atom. The smallest absolute Gasteiger partial charge is 0.0691 e. The highest BCUT2D eigenvalue weighted by Gasteiger charge is 2.31. The molecule has 4 atom stereocenters. The molecular weight excluding hydrogens is 282 g/mol. The first-order valence-electron chi connectivity index (χ1n) is 7.67. The molecule has 0 aliphatic carbocycles. The average Bonchev–Trinajstić information content (AvgIpc) is 2.82. The van der Waals surface area contributed by atoms with Crippen LogP contribution in [0.3, 0.4) is 0 Å². The van der Waals surface area contributed by atoms with Crippen LogP contribution in [-0.4, -0.2) is 35.0 Å². The summed E-state index contributed by atoms with van der Waals surface area (Å²) in [6, 6.07) is 4.55. The van der Waals surface area contributed by atoms with Gasteiger partial charge in [-0.1, -0.05) is 17.7 Å². The molecule has 1 saturated heterocycles. The zero-order valence-electron chi connectivity index (χ0n) is 13.7. The number of benzene rings is 1. The van der Waals surface area contributed by atoms with Gasteiger partial charge >= 0.3 is 0 Å². The lowest BCUT2D eigenvalue weighted by atomic mass is 9.95. The maximum Gasteiger partial charge on any atom is 0.0691 e. The van der Waals surface area contributed by atoms with Gasteiger partial charge < -0.3 is 10.1 Å². The maximum atomic E-state index is 12.7. The van der Waals surface area contributed by atoms with Gasteiger partial charge in [0.25, 0.3) is 0 Å². The van der Waals surface area contributed by atoms with Crippen molar-refractivity contribution in [1.29, 1.82) is 0 Å². The first-order valence-corrected chi connectivity index (χ1v) is 9.06. The minimum atomic E-state index is -0.865. The van der Waals surface area contributed by atoms with Crippen molar-refractivity contribution < 1.29 is 8.95 Å². The van der Waals surface area contributed by atoms with Crippen LogP contribution in [0.25, 0.3) is 0 Å². The van der Waals surface area contributed by atoms with E-state index in [1.807, 2.05) is 14.0 Å². The van der Waals surface area contributed by atoms with Gasteiger partial charge in [-0.2, -0.15) is 0 Å². The van der Waals surface area contributed by atoms with Gasteiger partial charge in [0.15, 0.2) is 0 Å². The number of hydrogen-bond acceptors (Lipinski definition) is 3. The van der Waals surface area contributed by atoms with Gasteiger partial charge in [-0.3, -0.25) is 4.21 Å². The molecule has 1 aromatic rings. The Bertz CT molecular complexity index is 507. The lowest BCUT2D eigenvalue weighted by molar-refractivity contribution is 0.127. The van der Waals surface area contributed by atoms with Gasteiger partial charge in [0, 0.05) is 29.2 Å². The van der Waals surface area contributed by atoms with Gasteiger partial charge in [0.05, 0.1) is 11.4 Å². The summed E-state index contributed by atoms with van der Waals surface area (Å²) >= 11 is 0. The van der Waals surface area contributed by atoms with E-state index in [4.69, 9.17) is 4.74 Å². The third-order valence-electron chi connectivity index (χ3n) is 4.41. The molecule has 2 rings (SSSR count). The largest absolute Gasteiger partial charge is 0.377 e. The zero-order valence-corrected chi connectivity index (χ0v) is 14.5. The van der Waals surface area contributed by atoms with Gasteiger partial charge in [-0.25, -0.2) is 0 Å². The normalized spacial score (nSPS) is 25.0. The van der Waals surface area contributed by atoms with Crippen molar-refractivity contribution in [2.24, 2.45) is 0 Å². The molecule has 0 radical (unpaired) electrons. The van der Waals surface area contributed by atoms with E-state index in [-0.39, 0.29) is 17.4 Å². The molecular formula is C17H27NO2S. The molecule has 118 valence electrons. The lowest BCUT2D eigenvalue weighted by Gasteiger charge is -2.23. The highest BCUT2D eigenvalue weighted by atomic mass is 32.2. The highest BCUT2D eigenvalue weighted by Crippen LogP contribution is 2.27. The molecule has 0 saturated carbocycles. The minimum Gasteiger partial charge on any atom is -0.377 e. The molecule has 1 aliphatic heterocycles. The number of nitrogens with one attached hydrogen (secondary N) is 1. The van der Waals surface area contributed by atoms with Crippen molar-refractivity contribution in [3.05, 3.63) is 34.4 Å². The SMILES string of the molecule is CNC(CS(=O)C1CCOC1C)c1c(C)cc(C)cc1C. The van der Waals surface area contributed by atoms with Crippen LogP contribution in [0.5, 0.6) is 0 Å². The van der Waals surface area contributed by atoms with Gasteiger partial charge in [-0.15, -0.1) is 0 Å². The van der Waals surface area contributed by atoms with E-state index in [2.05, 4.69) is 38.2 Å². The monoisotopic (exact) mass is 309 g/mol. The molecule has 1 aliphatic rings. The summed E-state index contributed by atoms with van der Waals surface area (Å²) in [6.07, 6.45) is 1.03. The van der Waals surface area contributed by atoms with Crippen LogP contribution in [0.15, 0.2) is 12.1 Å². The Hall–Kier alpha value is -0.710. The Labute approximate surface area is 130 Å². The fourth-order valence-electron chi connectivity index (χ4n) is 3.40. The Kier molecular flexibility index (Phi) is 5.58. The number of ether oxygens (including phenoxy) is 1. The molecule has 1 N–H and O–H groups in total. The highest BCUT2D eigenvalue weighted by molar-refractivity contribution is 7.85. The fraction of sp³-hybridized carbons (Fsp3) is 0.647. The molecule has 0 amide bonds. The first kappa shape index (κ1) is 16.7. The standard InChI is InChI=1S/C17H27NO2S/c1-11-8-12(2)17(13(3)9-11)15(18-5)10-21(19)16-6-7-20-14(16)4/h8-9,14-16,18H,6-7,10H2,1-5H3. The van der Waals surface area contributed by atoms with Crippen molar-refractivity contribution in [2.75, 3.05) is 19.4 Å². The second-order valence-corrected chi connectivity index (χ2v) is 7.80. The van der Waals surface area contributed by atoms with E-state index in [9.17, 15) is 4.21 Å². The molecule has 0 bridgehead atoms. The summed E-state index contributed by atoms with van der Waals surface area (Å²) in [5.41, 5.74) is 5.13. The van der Waals surface area contributed by atoms with Gasteiger partial charge in [-0.05, 0) is 57.9 Å². The lowest BCUT2D eigenvalue weighted by Crippen LogP contribution is -2.31. The Morgan fingerprint density at radius 3 is 2.43 bits per heavy atom.